The Bertz CT molecular complexity index is 515. The number of aromatic nitrogens is 1. The third-order valence-corrected chi connectivity index (χ3v) is 3.93. The molecule has 0 aliphatic carbocycles. The van der Waals surface area contributed by atoms with Gasteiger partial charge < -0.3 is 5.43 Å². The quantitative estimate of drug-likeness (QED) is 0.895. The van der Waals surface area contributed by atoms with Gasteiger partial charge in [0.15, 0.2) is 0 Å². The van der Waals surface area contributed by atoms with Crippen molar-refractivity contribution in [2.24, 2.45) is 0 Å². The topological polar surface area (TPSA) is 17.0 Å². The maximum absolute atomic E-state index is 6.06. The second kappa shape index (κ2) is 5.15. The van der Waals surface area contributed by atoms with Gasteiger partial charge in [-0.05, 0) is 59.6 Å². The minimum absolute atomic E-state index is 0.741. The summed E-state index contributed by atoms with van der Waals surface area (Å²) in [4.78, 5) is 0. The highest BCUT2D eigenvalue weighted by molar-refractivity contribution is 9.10. The Morgan fingerprint density at radius 2 is 1.82 bits per heavy atom. The molecular formula is C13H14BrClN2. The van der Waals surface area contributed by atoms with Crippen LogP contribution in [-0.4, -0.2) is 4.68 Å². The SMILES string of the molecule is Cc1ccc(C)n1NCc1ccc(Br)c(Cl)c1. The molecule has 1 N–H and O–H groups in total. The number of hydrogen-bond donors (Lipinski definition) is 1. The molecule has 0 saturated heterocycles. The van der Waals surface area contributed by atoms with Crippen molar-refractivity contribution in [2.75, 3.05) is 5.43 Å². The first kappa shape index (κ1) is 12.5. The number of benzene rings is 1. The lowest BCUT2D eigenvalue weighted by atomic mass is 10.2. The van der Waals surface area contributed by atoms with Crippen molar-refractivity contribution in [1.29, 1.82) is 0 Å². The van der Waals surface area contributed by atoms with Crippen LogP contribution in [0.4, 0.5) is 0 Å². The van der Waals surface area contributed by atoms with Crippen LogP contribution < -0.4 is 5.43 Å². The molecule has 0 saturated carbocycles. The molecule has 0 unspecified atom stereocenters. The largest absolute Gasteiger partial charge is 0.322 e. The standard InChI is InChI=1S/C13H14BrClN2/c1-9-3-4-10(2)17(9)16-8-11-5-6-12(14)13(15)7-11/h3-7,16H,8H2,1-2H3. The number of aryl methyl sites for hydroxylation is 2. The van der Waals surface area contributed by atoms with E-state index < -0.39 is 0 Å². The van der Waals surface area contributed by atoms with Gasteiger partial charge in [-0.15, -0.1) is 0 Å². The van der Waals surface area contributed by atoms with E-state index in [1.807, 2.05) is 12.1 Å². The third-order valence-electron chi connectivity index (χ3n) is 2.70. The van der Waals surface area contributed by atoms with Crippen molar-refractivity contribution in [3.05, 3.63) is 56.8 Å². The molecule has 0 aliphatic heterocycles. The fraction of sp³-hybridized carbons (Fsp3) is 0.231. The van der Waals surface area contributed by atoms with Crippen LogP contribution in [0.2, 0.25) is 5.02 Å². The summed E-state index contributed by atoms with van der Waals surface area (Å²) in [5.41, 5.74) is 6.92. The van der Waals surface area contributed by atoms with E-state index in [4.69, 9.17) is 11.6 Å². The van der Waals surface area contributed by atoms with Gasteiger partial charge in [-0.25, -0.2) is 0 Å². The highest BCUT2D eigenvalue weighted by Gasteiger charge is 2.02. The Labute approximate surface area is 115 Å². The first-order valence-corrected chi connectivity index (χ1v) is 6.58. The average molecular weight is 314 g/mol. The minimum atomic E-state index is 0.741. The fourth-order valence-corrected chi connectivity index (χ4v) is 2.19. The van der Waals surface area contributed by atoms with E-state index in [0.29, 0.717) is 0 Å². The van der Waals surface area contributed by atoms with E-state index in [2.05, 4.69) is 58.1 Å². The Morgan fingerprint density at radius 3 is 2.41 bits per heavy atom. The molecule has 0 aliphatic rings. The second-order valence-electron chi connectivity index (χ2n) is 4.03. The molecule has 1 aromatic heterocycles. The number of nitrogens with zero attached hydrogens (tertiary/aromatic N) is 1. The predicted molar refractivity (Wildman–Crippen MR) is 76.1 cm³/mol. The van der Waals surface area contributed by atoms with Gasteiger partial charge in [-0.3, -0.25) is 4.68 Å². The lowest BCUT2D eigenvalue weighted by Crippen LogP contribution is -2.16. The molecule has 0 fully saturated rings. The summed E-state index contributed by atoms with van der Waals surface area (Å²) in [7, 11) is 0. The summed E-state index contributed by atoms with van der Waals surface area (Å²) in [5, 5.41) is 0.741. The summed E-state index contributed by atoms with van der Waals surface area (Å²) in [5.74, 6) is 0. The van der Waals surface area contributed by atoms with E-state index in [0.717, 1.165) is 21.6 Å². The predicted octanol–water partition coefficient (Wildman–Crippen LogP) is 4.26. The van der Waals surface area contributed by atoms with Crippen LogP contribution in [0.3, 0.4) is 0 Å². The van der Waals surface area contributed by atoms with Gasteiger partial charge in [-0.2, -0.15) is 0 Å². The van der Waals surface area contributed by atoms with Crippen molar-refractivity contribution in [3.8, 4) is 0 Å². The maximum Gasteiger partial charge on any atom is 0.0564 e. The Morgan fingerprint density at radius 1 is 1.18 bits per heavy atom. The molecule has 17 heavy (non-hydrogen) atoms. The molecule has 2 nitrogen and oxygen atoms in total. The van der Waals surface area contributed by atoms with Crippen molar-refractivity contribution < 1.29 is 0 Å². The monoisotopic (exact) mass is 312 g/mol. The summed E-state index contributed by atoms with van der Waals surface area (Å²) in [6.45, 7) is 4.91. The van der Waals surface area contributed by atoms with Crippen molar-refractivity contribution >= 4 is 27.5 Å². The van der Waals surface area contributed by atoms with Crippen LogP contribution in [0, 0.1) is 13.8 Å². The van der Waals surface area contributed by atoms with Crippen LogP contribution >= 0.6 is 27.5 Å². The van der Waals surface area contributed by atoms with Gasteiger partial charge >= 0.3 is 0 Å². The van der Waals surface area contributed by atoms with Crippen LogP contribution in [0.15, 0.2) is 34.8 Å². The molecule has 0 radical (unpaired) electrons. The summed E-state index contributed by atoms with van der Waals surface area (Å²) < 4.78 is 3.01. The lowest BCUT2D eigenvalue weighted by Gasteiger charge is -2.13. The Balaban J connectivity index is 2.10. The van der Waals surface area contributed by atoms with Crippen molar-refractivity contribution in [3.63, 3.8) is 0 Å². The number of nitrogens with one attached hydrogen (secondary N) is 1. The fourth-order valence-electron chi connectivity index (χ4n) is 1.74. The zero-order valence-electron chi connectivity index (χ0n) is 9.80. The molecule has 0 atom stereocenters. The third kappa shape index (κ3) is 2.85. The number of halogens is 2. The van der Waals surface area contributed by atoms with Crippen molar-refractivity contribution in [1.82, 2.24) is 4.68 Å². The average Bonchev–Trinajstić information content (AvgIpc) is 2.61. The molecule has 0 spiro atoms. The van der Waals surface area contributed by atoms with E-state index in [1.54, 1.807) is 0 Å². The zero-order valence-corrected chi connectivity index (χ0v) is 12.1. The highest BCUT2D eigenvalue weighted by Crippen LogP contribution is 2.23. The zero-order chi connectivity index (χ0) is 12.4. The molecule has 1 heterocycles. The van der Waals surface area contributed by atoms with E-state index in [9.17, 15) is 0 Å². The molecule has 2 aromatic rings. The van der Waals surface area contributed by atoms with Crippen molar-refractivity contribution in [2.45, 2.75) is 20.4 Å². The first-order chi connectivity index (χ1) is 8.08. The molecule has 90 valence electrons. The number of hydrogen-bond acceptors (Lipinski definition) is 1. The molecule has 2 rings (SSSR count). The molecule has 4 heteroatoms. The normalized spacial score (nSPS) is 10.6. The van der Waals surface area contributed by atoms with E-state index in [1.165, 1.54) is 11.4 Å². The maximum atomic E-state index is 6.06. The highest BCUT2D eigenvalue weighted by atomic mass is 79.9. The Hall–Kier alpha value is -0.930. The van der Waals surface area contributed by atoms with Crippen LogP contribution in [0.1, 0.15) is 17.0 Å². The van der Waals surface area contributed by atoms with E-state index in [-0.39, 0.29) is 0 Å². The number of rotatable bonds is 3. The molecule has 1 aromatic carbocycles. The minimum Gasteiger partial charge on any atom is -0.322 e. The molecule has 0 amide bonds. The van der Waals surface area contributed by atoms with Crippen LogP contribution in [0.25, 0.3) is 0 Å². The van der Waals surface area contributed by atoms with Crippen LogP contribution in [0.5, 0.6) is 0 Å². The summed E-state index contributed by atoms with van der Waals surface area (Å²) in [6.07, 6.45) is 0. The molecule has 0 bridgehead atoms. The lowest BCUT2D eigenvalue weighted by molar-refractivity contribution is 0.792. The molecular weight excluding hydrogens is 300 g/mol. The summed E-state index contributed by atoms with van der Waals surface area (Å²) in [6, 6.07) is 10.2. The summed E-state index contributed by atoms with van der Waals surface area (Å²) >= 11 is 9.44. The van der Waals surface area contributed by atoms with Gasteiger partial charge in [0.25, 0.3) is 0 Å². The Kier molecular flexibility index (Phi) is 3.79. The second-order valence-corrected chi connectivity index (χ2v) is 5.30. The van der Waals surface area contributed by atoms with Gasteiger partial charge in [0.05, 0.1) is 11.6 Å². The van der Waals surface area contributed by atoms with Gasteiger partial charge in [0.2, 0.25) is 0 Å². The van der Waals surface area contributed by atoms with Crippen LogP contribution in [-0.2, 0) is 6.54 Å². The van der Waals surface area contributed by atoms with Gasteiger partial charge in [-0.1, -0.05) is 17.7 Å². The van der Waals surface area contributed by atoms with E-state index >= 15 is 0 Å². The van der Waals surface area contributed by atoms with Gasteiger partial charge in [0.1, 0.15) is 0 Å². The smallest absolute Gasteiger partial charge is 0.0564 e. The van der Waals surface area contributed by atoms with Gasteiger partial charge in [0, 0.05) is 15.9 Å². The first-order valence-electron chi connectivity index (χ1n) is 5.40.